The summed E-state index contributed by atoms with van der Waals surface area (Å²) in [5.74, 6) is -0.607. The summed E-state index contributed by atoms with van der Waals surface area (Å²) >= 11 is 1.51. The number of thiophene rings is 1. The Hall–Kier alpha value is -2.71. The molecule has 0 bridgehead atoms. The van der Waals surface area contributed by atoms with Crippen LogP contribution in [0.2, 0.25) is 0 Å². The van der Waals surface area contributed by atoms with Gasteiger partial charge >= 0.3 is 0 Å². The van der Waals surface area contributed by atoms with Crippen molar-refractivity contribution >= 4 is 32.8 Å². The summed E-state index contributed by atoms with van der Waals surface area (Å²) in [5.41, 5.74) is 0.629. The van der Waals surface area contributed by atoms with E-state index in [1.807, 2.05) is 17.5 Å². The molecule has 0 fully saturated rings. The third-order valence-electron chi connectivity index (χ3n) is 4.26. The zero-order valence-electron chi connectivity index (χ0n) is 14.2. The summed E-state index contributed by atoms with van der Waals surface area (Å²) in [6.07, 6.45) is 2.02. The lowest BCUT2D eigenvalue weighted by Crippen LogP contribution is -2.32. The highest BCUT2D eigenvalue weighted by Gasteiger charge is 2.36. The molecule has 1 aromatic carbocycles. The monoisotopic (exact) mass is 400 g/mol. The van der Waals surface area contributed by atoms with Crippen LogP contribution < -0.4 is 0 Å². The highest BCUT2D eigenvalue weighted by atomic mass is 32.2. The molecule has 1 amide bonds. The molecule has 1 aliphatic heterocycles. The molecule has 4 rings (SSSR count). The fourth-order valence-electron chi connectivity index (χ4n) is 2.97. The Bertz CT molecular complexity index is 1060. The Morgan fingerprint density at radius 1 is 1.15 bits per heavy atom. The van der Waals surface area contributed by atoms with E-state index < -0.39 is 21.5 Å². The second-order valence-electron chi connectivity index (χ2n) is 6.07. The van der Waals surface area contributed by atoms with Crippen molar-refractivity contribution in [3.8, 4) is 0 Å². The van der Waals surface area contributed by atoms with Crippen LogP contribution in [0.1, 0.15) is 23.1 Å². The molecule has 0 saturated carbocycles. The largest absolute Gasteiger partial charge is 0.463 e. The van der Waals surface area contributed by atoms with Crippen molar-refractivity contribution in [1.82, 2.24) is 5.01 Å². The van der Waals surface area contributed by atoms with Gasteiger partial charge in [-0.05, 0) is 35.7 Å². The average Bonchev–Trinajstić information content (AvgIpc) is 3.41. The van der Waals surface area contributed by atoms with Gasteiger partial charge < -0.3 is 4.42 Å². The number of hydrazone groups is 1. The van der Waals surface area contributed by atoms with Crippen LogP contribution in [0.3, 0.4) is 0 Å². The van der Waals surface area contributed by atoms with Gasteiger partial charge in [0.05, 0.1) is 17.2 Å². The van der Waals surface area contributed by atoms with Crippen LogP contribution >= 0.6 is 11.3 Å². The number of rotatable bonds is 5. The molecule has 6 nitrogen and oxygen atoms in total. The van der Waals surface area contributed by atoms with Crippen LogP contribution in [0, 0.1) is 0 Å². The first kappa shape index (κ1) is 17.7. The molecular formula is C19H16N2O4S2. The first-order valence-corrected chi connectivity index (χ1v) is 10.8. The van der Waals surface area contributed by atoms with Crippen molar-refractivity contribution in [2.24, 2.45) is 5.10 Å². The van der Waals surface area contributed by atoms with Crippen LogP contribution in [-0.2, 0) is 14.6 Å². The fraction of sp³-hybridized carbons (Fsp3) is 0.158. The summed E-state index contributed by atoms with van der Waals surface area (Å²) in [7, 11) is -3.74. The normalized spacial score (nSPS) is 17.1. The Labute approximate surface area is 160 Å². The lowest BCUT2D eigenvalue weighted by atomic mass is 10.1. The molecule has 3 aromatic rings. The second-order valence-corrected chi connectivity index (χ2v) is 9.04. The maximum Gasteiger partial charge on any atom is 0.258 e. The summed E-state index contributed by atoms with van der Waals surface area (Å²) in [6, 6.07) is 15.0. The molecule has 0 spiro atoms. The third kappa shape index (κ3) is 3.58. The number of hydrogen-bond donors (Lipinski definition) is 0. The molecule has 0 N–H and O–H groups in total. The number of sulfone groups is 1. The maximum absolute atomic E-state index is 12.9. The molecule has 1 unspecified atom stereocenters. The van der Waals surface area contributed by atoms with E-state index in [0.29, 0.717) is 17.9 Å². The lowest BCUT2D eigenvalue weighted by Gasteiger charge is -2.20. The Morgan fingerprint density at radius 3 is 2.63 bits per heavy atom. The molecule has 1 aliphatic rings. The van der Waals surface area contributed by atoms with Gasteiger partial charge in [0.1, 0.15) is 17.2 Å². The average molecular weight is 400 g/mol. The van der Waals surface area contributed by atoms with Gasteiger partial charge in [0.25, 0.3) is 5.91 Å². The van der Waals surface area contributed by atoms with Gasteiger partial charge in [-0.1, -0.05) is 24.3 Å². The van der Waals surface area contributed by atoms with E-state index in [-0.39, 0.29) is 10.9 Å². The number of carbonyl (C=O) groups is 1. The molecule has 1 atom stereocenters. The molecule has 0 aliphatic carbocycles. The summed E-state index contributed by atoms with van der Waals surface area (Å²) in [5, 5.41) is 7.60. The molecule has 0 saturated heterocycles. The first-order chi connectivity index (χ1) is 13.0. The van der Waals surface area contributed by atoms with E-state index in [4.69, 9.17) is 4.42 Å². The molecule has 3 heterocycles. The van der Waals surface area contributed by atoms with Gasteiger partial charge in [0.15, 0.2) is 9.84 Å². The minimum Gasteiger partial charge on any atom is -0.463 e. The van der Waals surface area contributed by atoms with Gasteiger partial charge in [0.2, 0.25) is 0 Å². The number of carbonyl (C=O) groups excluding carboxylic acids is 1. The van der Waals surface area contributed by atoms with Crippen molar-refractivity contribution in [3.63, 3.8) is 0 Å². The minimum atomic E-state index is -3.74. The number of amides is 1. The van der Waals surface area contributed by atoms with Crippen LogP contribution in [0.15, 0.2) is 80.7 Å². The Balaban J connectivity index is 1.63. The number of hydrogen-bond acceptors (Lipinski definition) is 6. The molecular weight excluding hydrogens is 384 g/mol. The Morgan fingerprint density at radius 2 is 1.96 bits per heavy atom. The van der Waals surface area contributed by atoms with Crippen LogP contribution in [0.25, 0.3) is 0 Å². The standard InChI is InChI=1S/C19H16N2O4S2/c22-19(13-27(23,24)14-6-2-1-3-7-14)21-16(18-9-5-11-26-18)12-15(20-21)17-8-4-10-25-17/h1-11,16H,12-13H2. The van der Waals surface area contributed by atoms with E-state index in [1.165, 1.54) is 28.5 Å². The van der Waals surface area contributed by atoms with Crippen LogP contribution in [0.4, 0.5) is 0 Å². The molecule has 138 valence electrons. The van der Waals surface area contributed by atoms with Crippen molar-refractivity contribution < 1.29 is 17.6 Å². The van der Waals surface area contributed by atoms with Gasteiger partial charge in [-0.2, -0.15) is 5.10 Å². The Kier molecular flexibility index (Phi) is 4.67. The van der Waals surface area contributed by atoms with Crippen LogP contribution in [0.5, 0.6) is 0 Å². The predicted octanol–water partition coefficient (Wildman–Crippen LogP) is 3.49. The van der Waals surface area contributed by atoms with E-state index in [9.17, 15) is 13.2 Å². The zero-order chi connectivity index (χ0) is 18.9. The number of furan rings is 1. The van der Waals surface area contributed by atoms with Gasteiger partial charge in [-0.3, -0.25) is 4.79 Å². The van der Waals surface area contributed by atoms with Gasteiger partial charge in [0, 0.05) is 11.3 Å². The summed E-state index contributed by atoms with van der Waals surface area (Å²) < 4.78 is 30.6. The SMILES string of the molecule is O=C(CS(=O)(=O)c1ccccc1)N1N=C(c2ccco2)CC1c1cccs1. The predicted molar refractivity (Wildman–Crippen MR) is 102 cm³/mol. The smallest absolute Gasteiger partial charge is 0.258 e. The lowest BCUT2D eigenvalue weighted by molar-refractivity contribution is -0.130. The van der Waals surface area contributed by atoms with E-state index in [2.05, 4.69) is 5.10 Å². The number of nitrogens with zero attached hydrogens (tertiary/aromatic N) is 2. The molecule has 27 heavy (non-hydrogen) atoms. The first-order valence-electron chi connectivity index (χ1n) is 8.29. The summed E-state index contributed by atoms with van der Waals surface area (Å²) in [6.45, 7) is 0. The molecule has 8 heteroatoms. The third-order valence-corrected chi connectivity index (χ3v) is 6.85. The fourth-order valence-corrected chi connectivity index (χ4v) is 4.98. The van der Waals surface area contributed by atoms with Crippen LogP contribution in [-0.4, -0.2) is 30.8 Å². The van der Waals surface area contributed by atoms with Gasteiger partial charge in [-0.25, -0.2) is 13.4 Å². The quantitative estimate of drug-likeness (QED) is 0.657. The van der Waals surface area contributed by atoms with Gasteiger partial charge in [-0.15, -0.1) is 11.3 Å². The second kappa shape index (κ2) is 7.13. The number of benzene rings is 1. The van der Waals surface area contributed by atoms with E-state index >= 15 is 0 Å². The van der Waals surface area contributed by atoms with Crippen molar-refractivity contribution in [1.29, 1.82) is 0 Å². The van der Waals surface area contributed by atoms with Crippen molar-refractivity contribution in [2.75, 3.05) is 5.75 Å². The highest BCUT2D eigenvalue weighted by Crippen LogP contribution is 2.35. The summed E-state index contributed by atoms with van der Waals surface area (Å²) in [4.78, 5) is 13.9. The zero-order valence-corrected chi connectivity index (χ0v) is 15.8. The van der Waals surface area contributed by atoms with E-state index in [1.54, 1.807) is 36.6 Å². The molecule has 2 aromatic heterocycles. The van der Waals surface area contributed by atoms with Crippen molar-refractivity contribution in [2.45, 2.75) is 17.4 Å². The molecule has 0 radical (unpaired) electrons. The topological polar surface area (TPSA) is 80.0 Å². The van der Waals surface area contributed by atoms with Crippen molar-refractivity contribution in [3.05, 3.63) is 76.9 Å². The van der Waals surface area contributed by atoms with E-state index in [0.717, 1.165) is 4.88 Å². The maximum atomic E-state index is 12.9. The minimum absolute atomic E-state index is 0.125. The highest BCUT2D eigenvalue weighted by molar-refractivity contribution is 7.92.